The van der Waals surface area contributed by atoms with E-state index < -0.39 is 5.97 Å². The lowest BCUT2D eigenvalue weighted by atomic mass is 9.96. The van der Waals surface area contributed by atoms with Crippen molar-refractivity contribution in [2.75, 3.05) is 12.4 Å². The molecule has 0 spiro atoms. The molecule has 0 unspecified atom stereocenters. The van der Waals surface area contributed by atoms with Gasteiger partial charge in [-0.1, -0.05) is 36.4 Å². The summed E-state index contributed by atoms with van der Waals surface area (Å²) in [5.41, 5.74) is 5.08. The summed E-state index contributed by atoms with van der Waals surface area (Å²) in [6.45, 7) is 1.98. The number of pyridine rings is 2. The first-order chi connectivity index (χ1) is 19.4. The lowest BCUT2D eigenvalue weighted by Crippen LogP contribution is -2.26. The van der Waals surface area contributed by atoms with Crippen LogP contribution in [-0.2, 0) is 0 Å². The third-order valence-corrected chi connectivity index (χ3v) is 7.63. The molecule has 0 fully saturated rings. The van der Waals surface area contributed by atoms with Crippen molar-refractivity contribution in [2.24, 2.45) is 0 Å². The maximum Gasteiger partial charge on any atom is 0.335 e. The third-order valence-electron chi connectivity index (χ3n) is 6.84. The summed E-state index contributed by atoms with van der Waals surface area (Å²) in [5.74, 6) is -0.0359. The van der Waals surface area contributed by atoms with Crippen LogP contribution in [0.15, 0.2) is 95.4 Å². The number of carboxylic acid groups (broad SMARTS) is 1. The highest BCUT2D eigenvalue weighted by Gasteiger charge is 2.20. The molecule has 2 N–H and O–H groups in total. The van der Waals surface area contributed by atoms with Crippen molar-refractivity contribution in [2.45, 2.75) is 13.0 Å². The molecule has 0 amide bonds. The number of nitrogens with one attached hydrogen (secondary N) is 1. The zero-order valence-corrected chi connectivity index (χ0v) is 22.5. The number of para-hydroxylation sites is 1. The number of ether oxygens (including phenoxy) is 1. The minimum Gasteiger partial charge on any atom is -0.497 e. The number of anilines is 1. The molecule has 40 heavy (non-hydrogen) atoms. The molecule has 0 radical (unpaired) electrons. The molecule has 6 rings (SSSR count). The minimum absolute atomic E-state index is 0.0768. The Labute approximate surface area is 233 Å². The molecule has 3 aromatic carbocycles. The molecule has 8 nitrogen and oxygen atoms in total. The van der Waals surface area contributed by atoms with E-state index in [9.17, 15) is 14.7 Å². The summed E-state index contributed by atoms with van der Waals surface area (Å²) < 4.78 is 8.09. The van der Waals surface area contributed by atoms with Crippen LogP contribution < -0.4 is 15.6 Å². The molecule has 3 heterocycles. The highest BCUT2D eigenvalue weighted by molar-refractivity contribution is 7.16. The van der Waals surface area contributed by atoms with E-state index >= 15 is 0 Å². The Morgan fingerprint density at radius 2 is 1.85 bits per heavy atom. The second kappa shape index (κ2) is 10.3. The number of fused-ring (bicyclic) bond motifs is 2. The van der Waals surface area contributed by atoms with E-state index in [1.54, 1.807) is 39.7 Å². The molecule has 0 aliphatic rings. The van der Waals surface area contributed by atoms with Gasteiger partial charge in [-0.2, -0.15) is 0 Å². The SMILES string of the molecule is COc1cc(C(=O)O)cc(-c2cccc3cc([C@H](C)Nc4nccc5scnc45)n(-c4ccccc4)c(=O)c23)c1. The molecule has 0 aliphatic carbocycles. The lowest BCUT2D eigenvalue weighted by Gasteiger charge is -2.22. The maximum atomic E-state index is 14.4. The van der Waals surface area contributed by atoms with Gasteiger partial charge in [-0.25, -0.2) is 14.8 Å². The van der Waals surface area contributed by atoms with Gasteiger partial charge in [0.1, 0.15) is 11.3 Å². The number of methoxy groups -OCH3 is 1. The second-order valence-corrected chi connectivity index (χ2v) is 10.2. The number of carboxylic acids is 1. The smallest absolute Gasteiger partial charge is 0.335 e. The molecule has 198 valence electrons. The van der Waals surface area contributed by atoms with E-state index in [4.69, 9.17) is 4.74 Å². The standard InChI is InChI=1S/C31H24N4O4S/c1-18(34-29-28-26(11-12-32-29)40-17-33-28)25-16-19-7-6-10-24(20-13-21(31(37)38)15-23(14-20)39-2)27(19)30(36)35(25)22-8-4-3-5-9-22/h3-18H,1-2H3,(H,32,34)(H,37,38)/t18-/m0/s1. The molecule has 0 saturated heterocycles. The van der Waals surface area contributed by atoms with E-state index in [1.807, 2.05) is 67.6 Å². The monoisotopic (exact) mass is 548 g/mol. The summed E-state index contributed by atoms with van der Waals surface area (Å²) in [7, 11) is 1.48. The number of aromatic nitrogens is 3. The Kier molecular flexibility index (Phi) is 6.49. The van der Waals surface area contributed by atoms with Gasteiger partial charge in [-0.3, -0.25) is 9.36 Å². The normalized spacial score (nSPS) is 11.9. The molecule has 0 aliphatic heterocycles. The number of thiazole rings is 1. The number of carbonyl (C=O) groups is 1. The van der Waals surface area contributed by atoms with Crippen molar-refractivity contribution in [3.63, 3.8) is 0 Å². The van der Waals surface area contributed by atoms with Gasteiger partial charge >= 0.3 is 5.97 Å². The molecular weight excluding hydrogens is 524 g/mol. The van der Waals surface area contributed by atoms with Gasteiger partial charge in [-0.15, -0.1) is 11.3 Å². The highest BCUT2D eigenvalue weighted by atomic mass is 32.1. The first-order valence-corrected chi connectivity index (χ1v) is 13.4. The number of rotatable bonds is 7. The van der Waals surface area contributed by atoms with Crippen molar-refractivity contribution in [3.8, 4) is 22.6 Å². The van der Waals surface area contributed by atoms with E-state index in [2.05, 4.69) is 15.3 Å². The fraction of sp³-hybridized carbons (Fsp3) is 0.0968. The Bertz CT molecular complexity index is 1950. The number of hydrogen-bond acceptors (Lipinski definition) is 7. The first-order valence-electron chi connectivity index (χ1n) is 12.6. The Hall–Kier alpha value is -5.02. The Balaban J connectivity index is 1.58. The van der Waals surface area contributed by atoms with Crippen molar-refractivity contribution >= 4 is 44.1 Å². The summed E-state index contributed by atoms with van der Waals surface area (Å²) in [6.07, 6.45) is 1.74. The Morgan fingerprint density at radius 3 is 2.62 bits per heavy atom. The second-order valence-electron chi connectivity index (χ2n) is 9.30. The molecule has 0 saturated carbocycles. The predicted molar refractivity (Wildman–Crippen MR) is 158 cm³/mol. The number of nitrogens with zero attached hydrogens (tertiary/aromatic N) is 3. The molecule has 6 aromatic rings. The summed E-state index contributed by atoms with van der Waals surface area (Å²) in [6, 6.07) is 23.4. The van der Waals surface area contributed by atoms with Crippen LogP contribution in [0, 0.1) is 0 Å². The third kappa shape index (κ3) is 4.46. The zero-order chi connectivity index (χ0) is 27.8. The van der Waals surface area contributed by atoms with Gasteiger partial charge in [0, 0.05) is 17.6 Å². The molecule has 3 aromatic heterocycles. The van der Waals surface area contributed by atoms with E-state index in [1.165, 1.54) is 13.2 Å². The Morgan fingerprint density at radius 1 is 1.02 bits per heavy atom. The van der Waals surface area contributed by atoms with Crippen molar-refractivity contribution in [3.05, 3.63) is 112 Å². The lowest BCUT2D eigenvalue weighted by molar-refractivity contribution is 0.0696. The average molecular weight is 549 g/mol. The molecule has 0 bridgehead atoms. The highest BCUT2D eigenvalue weighted by Crippen LogP contribution is 2.33. The van der Waals surface area contributed by atoms with Crippen molar-refractivity contribution < 1.29 is 14.6 Å². The van der Waals surface area contributed by atoms with Crippen LogP contribution >= 0.6 is 11.3 Å². The van der Waals surface area contributed by atoms with Gasteiger partial charge in [0.15, 0.2) is 5.82 Å². The van der Waals surface area contributed by atoms with Gasteiger partial charge < -0.3 is 15.2 Å². The number of benzene rings is 3. The van der Waals surface area contributed by atoms with Gasteiger partial charge in [0.2, 0.25) is 0 Å². The molecular formula is C31H24N4O4S. The van der Waals surface area contributed by atoms with Gasteiger partial charge in [0.05, 0.1) is 34.3 Å². The van der Waals surface area contributed by atoms with Crippen LogP contribution in [0.4, 0.5) is 5.82 Å². The first kappa shape index (κ1) is 25.3. The van der Waals surface area contributed by atoms with Crippen LogP contribution in [0.3, 0.4) is 0 Å². The van der Waals surface area contributed by atoms with E-state index in [-0.39, 0.29) is 17.2 Å². The van der Waals surface area contributed by atoms with Gasteiger partial charge in [0.25, 0.3) is 5.56 Å². The van der Waals surface area contributed by atoms with Crippen LogP contribution in [0.5, 0.6) is 5.75 Å². The number of aromatic carboxylic acids is 1. The van der Waals surface area contributed by atoms with Crippen LogP contribution in [0.2, 0.25) is 0 Å². The van der Waals surface area contributed by atoms with E-state index in [0.29, 0.717) is 33.8 Å². The quantitative estimate of drug-likeness (QED) is 0.233. The zero-order valence-electron chi connectivity index (χ0n) is 21.7. The van der Waals surface area contributed by atoms with Crippen LogP contribution in [0.25, 0.3) is 37.8 Å². The number of hydrogen-bond donors (Lipinski definition) is 2. The van der Waals surface area contributed by atoms with Gasteiger partial charge in [-0.05, 0) is 65.9 Å². The molecule has 1 atom stereocenters. The maximum absolute atomic E-state index is 14.4. The molecule has 9 heteroatoms. The van der Waals surface area contributed by atoms with Crippen LogP contribution in [-0.4, -0.2) is 32.7 Å². The van der Waals surface area contributed by atoms with Crippen molar-refractivity contribution in [1.82, 2.24) is 14.5 Å². The average Bonchev–Trinajstić information content (AvgIpc) is 3.47. The minimum atomic E-state index is -1.08. The predicted octanol–water partition coefficient (Wildman–Crippen LogP) is 6.54. The fourth-order valence-electron chi connectivity index (χ4n) is 4.96. The fourth-order valence-corrected chi connectivity index (χ4v) is 5.63. The van der Waals surface area contributed by atoms with E-state index in [0.717, 1.165) is 21.3 Å². The topological polar surface area (TPSA) is 106 Å². The summed E-state index contributed by atoms with van der Waals surface area (Å²) >= 11 is 1.54. The van der Waals surface area contributed by atoms with Crippen LogP contribution in [0.1, 0.15) is 29.0 Å². The van der Waals surface area contributed by atoms with Crippen molar-refractivity contribution in [1.29, 1.82) is 0 Å². The largest absolute Gasteiger partial charge is 0.497 e. The summed E-state index contributed by atoms with van der Waals surface area (Å²) in [5, 5.41) is 14.3. The summed E-state index contributed by atoms with van der Waals surface area (Å²) in [4.78, 5) is 35.2.